The summed E-state index contributed by atoms with van der Waals surface area (Å²) in [5.41, 5.74) is 4.11. The van der Waals surface area contributed by atoms with Gasteiger partial charge in [0, 0.05) is 23.5 Å². The average Bonchev–Trinajstić information content (AvgIpc) is 2.66. The Morgan fingerprint density at radius 1 is 1.30 bits per heavy atom. The Morgan fingerprint density at radius 3 is 2.80 bits per heavy atom. The third-order valence-corrected chi connectivity index (χ3v) is 3.65. The highest BCUT2D eigenvalue weighted by molar-refractivity contribution is 5.97. The molecule has 2 heterocycles. The number of benzene rings is 1. The summed E-state index contributed by atoms with van der Waals surface area (Å²) >= 11 is 0. The van der Waals surface area contributed by atoms with E-state index in [9.17, 15) is 4.79 Å². The van der Waals surface area contributed by atoms with Gasteiger partial charge in [-0.25, -0.2) is 4.98 Å². The lowest BCUT2D eigenvalue weighted by atomic mass is 10.1. The smallest absolute Gasteiger partial charge is 0.152 e. The maximum absolute atomic E-state index is 11.1. The van der Waals surface area contributed by atoms with Crippen LogP contribution in [0.25, 0.3) is 28.0 Å². The van der Waals surface area contributed by atoms with Crippen LogP contribution in [-0.2, 0) is 11.8 Å². The second kappa shape index (κ2) is 4.60. The maximum atomic E-state index is 11.1. The van der Waals surface area contributed by atoms with E-state index in [0.29, 0.717) is 0 Å². The van der Waals surface area contributed by atoms with E-state index in [1.165, 1.54) is 0 Å². The highest BCUT2D eigenvalue weighted by Crippen LogP contribution is 2.27. The molecule has 0 aliphatic rings. The summed E-state index contributed by atoms with van der Waals surface area (Å²) < 4.78 is 2.04. The Bertz CT molecular complexity index is 798. The number of para-hydroxylation sites is 1. The van der Waals surface area contributed by atoms with Gasteiger partial charge in [-0.15, -0.1) is 0 Å². The number of fused-ring (bicyclic) bond motifs is 2. The van der Waals surface area contributed by atoms with Crippen molar-refractivity contribution in [1.82, 2.24) is 9.55 Å². The maximum Gasteiger partial charge on any atom is 0.152 e. The first-order valence-electron chi connectivity index (χ1n) is 6.61. The van der Waals surface area contributed by atoms with Gasteiger partial charge in [-0.1, -0.05) is 18.2 Å². The van der Waals surface area contributed by atoms with E-state index in [0.717, 1.165) is 33.2 Å². The average molecular weight is 264 g/mol. The fourth-order valence-corrected chi connectivity index (χ4v) is 2.57. The predicted molar refractivity (Wildman–Crippen MR) is 82.7 cm³/mol. The molecular formula is C17H16N2O. The third kappa shape index (κ3) is 1.92. The molecule has 0 aliphatic heterocycles. The Balaban J connectivity index is 2.33. The van der Waals surface area contributed by atoms with Crippen molar-refractivity contribution < 1.29 is 4.79 Å². The van der Waals surface area contributed by atoms with Crippen LogP contribution in [0.5, 0.6) is 0 Å². The fourth-order valence-electron chi connectivity index (χ4n) is 2.57. The van der Waals surface area contributed by atoms with Gasteiger partial charge in [0.25, 0.3) is 0 Å². The molecule has 0 atom stereocenters. The van der Waals surface area contributed by atoms with Crippen LogP contribution < -0.4 is 0 Å². The van der Waals surface area contributed by atoms with Crippen LogP contribution in [0, 0.1) is 6.92 Å². The zero-order valence-corrected chi connectivity index (χ0v) is 11.8. The first-order chi connectivity index (χ1) is 9.58. The first-order valence-corrected chi connectivity index (χ1v) is 6.61. The summed E-state index contributed by atoms with van der Waals surface area (Å²) in [5, 5.41) is 2.27. The van der Waals surface area contributed by atoms with Crippen LogP contribution >= 0.6 is 0 Å². The predicted octanol–water partition coefficient (Wildman–Crippen LogP) is 3.64. The van der Waals surface area contributed by atoms with Gasteiger partial charge in [-0.05, 0) is 43.7 Å². The molecule has 0 saturated heterocycles. The molecule has 100 valence electrons. The third-order valence-electron chi connectivity index (χ3n) is 3.65. The number of ketones is 1. The lowest BCUT2D eigenvalue weighted by Gasteiger charge is -2.00. The van der Waals surface area contributed by atoms with E-state index < -0.39 is 0 Å². The minimum absolute atomic E-state index is 0.0489. The van der Waals surface area contributed by atoms with Crippen LogP contribution in [0.2, 0.25) is 0 Å². The summed E-state index contributed by atoms with van der Waals surface area (Å²) in [6.45, 7) is 3.62. The molecule has 3 heteroatoms. The summed E-state index contributed by atoms with van der Waals surface area (Å²) in [6, 6.07) is 10.3. The molecule has 0 spiro atoms. The topological polar surface area (TPSA) is 34.9 Å². The molecule has 3 rings (SSSR count). The lowest BCUT2D eigenvalue weighted by Crippen LogP contribution is -1.94. The van der Waals surface area contributed by atoms with E-state index in [2.05, 4.69) is 19.1 Å². The van der Waals surface area contributed by atoms with Gasteiger partial charge in [0.1, 0.15) is 5.65 Å². The fraction of sp³-hybridized carbons (Fsp3) is 0.176. The van der Waals surface area contributed by atoms with Gasteiger partial charge < -0.3 is 4.57 Å². The zero-order valence-electron chi connectivity index (χ0n) is 11.8. The van der Waals surface area contributed by atoms with Gasteiger partial charge in [-0.3, -0.25) is 4.79 Å². The second-order valence-electron chi connectivity index (χ2n) is 5.07. The van der Waals surface area contributed by atoms with Crippen molar-refractivity contribution in [2.45, 2.75) is 13.8 Å². The van der Waals surface area contributed by atoms with Crippen molar-refractivity contribution >= 4 is 33.8 Å². The number of aromatic nitrogens is 2. The highest BCUT2D eigenvalue weighted by Gasteiger charge is 2.11. The number of carbonyl (C=O) groups is 1. The summed E-state index contributed by atoms with van der Waals surface area (Å²) in [6.07, 6.45) is 3.46. The molecule has 0 fully saturated rings. The highest BCUT2D eigenvalue weighted by atomic mass is 16.1. The first kappa shape index (κ1) is 12.6. The molecular weight excluding hydrogens is 248 g/mol. The molecule has 0 unspecified atom stereocenters. The van der Waals surface area contributed by atoms with E-state index in [4.69, 9.17) is 4.98 Å². The minimum Gasteiger partial charge on any atom is -0.329 e. The van der Waals surface area contributed by atoms with Crippen LogP contribution in [-0.4, -0.2) is 15.3 Å². The van der Waals surface area contributed by atoms with Gasteiger partial charge in [0.05, 0.1) is 5.52 Å². The zero-order chi connectivity index (χ0) is 14.3. The molecule has 0 bridgehead atoms. The molecule has 20 heavy (non-hydrogen) atoms. The van der Waals surface area contributed by atoms with Crippen LogP contribution in [0.4, 0.5) is 0 Å². The number of nitrogens with zero attached hydrogens (tertiary/aromatic N) is 2. The number of rotatable bonds is 2. The molecule has 0 aliphatic carbocycles. The van der Waals surface area contributed by atoms with E-state index in [1.54, 1.807) is 13.0 Å². The molecule has 3 nitrogen and oxygen atoms in total. The van der Waals surface area contributed by atoms with Crippen molar-refractivity contribution in [3.8, 4) is 0 Å². The second-order valence-corrected chi connectivity index (χ2v) is 5.07. The molecule has 2 aromatic heterocycles. The molecule has 1 aromatic carbocycles. The quantitative estimate of drug-likeness (QED) is 0.662. The monoisotopic (exact) mass is 264 g/mol. The number of allylic oxidation sites excluding steroid dienone is 1. The van der Waals surface area contributed by atoms with Gasteiger partial charge >= 0.3 is 0 Å². The van der Waals surface area contributed by atoms with Gasteiger partial charge in [0.15, 0.2) is 5.78 Å². The van der Waals surface area contributed by atoms with Gasteiger partial charge in [-0.2, -0.15) is 0 Å². The number of aryl methyl sites for hydroxylation is 2. The Labute approximate surface area is 117 Å². The summed E-state index contributed by atoms with van der Waals surface area (Å²) in [5.74, 6) is 0.0489. The van der Waals surface area contributed by atoms with Crippen molar-refractivity contribution in [2.24, 2.45) is 7.05 Å². The standard InChI is InChI=1S/C17H16N2O/c1-11(20)8-9-16-12(2)14-10-13-6-4-5-7-15(13)18-17(14)19(16)3/h4-10H,1-3H3/b9-8+. The Hall–Kier alpha value is -2.42. The molecule has 0 amide bonds. The summed E-state index contributed by atoms with van der Waals surface area (Å²) in [4.78, 5) is 15.9. The van der Waals surface area contributed by atoms with Crippen molar-refractivity contribution in [2.75, 3.05) is 0 Å². The van der Waals surface area contributed by atoms with Crippen LogP contribution in [0.15, 0.2) is 36.4 Å². The van der Waals surface area contributed by atoms with Crippen molar-refractivity contribution in [1.29, 1.82) is 0 Å². The number of carbonyl (C=O) groups excluding carboxylic acids is 1. The lowest BCUT2D eigenvalue weighted by molar-refractivity contribution is -0.112. The van der Waals surface area contributed by atoms with Crippen molar-refractivity contribution in [3.63, 3.8) is 0 Å². The number of hydrogen-bond donors (Lipinski definition) is 0. The van der Waals surface area contributed by atoms with Crippen LogP contribution in [0.3, 0.4) is 0 Å². The minimum atomic E-state index is 0.0489. The molecule has 0 saturated carbocycles. The SMILES string of the molecule is CC(=O)/C=C/c1c(C)c2cc3ccccc3nc2n1C. The number of hydrogen-bond acceptors (Lipinski definition) is 2. The molecule has 0 N–H and O–H groups in total. The normalized spacial score (nSPS) is 11.8. The van der Waals surface area contributed by atoms with E-state index >= 15 is 0 Å². The Morgan fingerprint density at radius 2 is 2.05 bits per heavy atom. The molecule has 0 radical (unpaired) electrons. The number of pyridine rings is 1. The van der Waals surface area contributed by atoms with Crippen molar-refractivity contribution in [3.05, 3.63) is 47.7 Å². The summed E-state index contributed by atoms with van der Waals surface area (Å²) in [7, 11) is 1.98. The van der Waals surface area contributed by atoms with E-state index in [-0.39, 0.29) is 5.78 Å². The van der Waals surface area contributed by atoms with E-state index in [1.807, 2.05) is 35.9 Å². The largest absolute Gasteiger partial charge is 0.329 e. The Kier molecular flexibility index (Phi) is 2.90. The van der Waals surface area contributed by atoms with Crippen LogP contribution in [0.1, 0.15) is 18.2 Å². The molecule has 3 aromatic rings. The van der Waals surface area contributed by atoms with Gasteiger partial charge in [0.2, 0.25) is 0 Å².